The number of nitrogens with zero attached hydrogens (tertiary/aromatic N) is 1. The fraction of sp³-hybridized carbons (Fsp3) is 0.700. The highest BCUT2D eigenvalue weighted by Gasteiger charge is 2.35. The van der Waals surface area contributed by atoms with Crippen molar-refractivity contribution in [1.82, 2.24) is 10.2 Å². The Morgan fingerprint density at radius 2 is 2.12 bits per heavy atom. The summed E-state index contributed by atoms with van der Waals surface area (Å²) < 4.78 is 0. The topological polar surface area (TPSA) is 107 Å². The van der Waals surface area contributed by atoms with Crippen molar-refractivity contribution < 1.29 is 24.6 Å². The number of likely N-dealkylation sites (tertiary alicyclic amines) is 1. The average molecular weight is 244 g/mol. The lowest BCUT2D eigenvalue weighted by atomic mass is 10.1. The normalized spacial score (nSPS) is 23.4. The van der Waals surface area contributed by atoms with Gasteiger partial charge in [-0.2, -0.15) is 0 Å². The Morgan fingerprint density at radius 1 is 1.53 bits per heavy atom. The quantitative estimate of drug-likeness (QED) is 0.553. The molecule has 0 aromatic carbocycles. The van der Waals surface area contributed by atoms with Crippen molar-refractivity contribution >= 4 is 17.8 Å². The minimum Gasteiger partial charge on any atom is -0.480 e. The van der Waals surface area contributed by atoms with Crippen molar-refractivity contribution in [2.24, 2.45) is 5.92 Å². The summed E-state index contributed by atoms with van der Waals surface area (Å²) in [6.07, 6.45) is -1.11. The molecule has 1 rings (SSSR count). The highest BCUT2D eigenvalue weighted by molar-refractivity contribution is 5.91. The number of carbonyl (C=O) groups excluding carboxylic acids is 2. The lowest BCUT2D eigenvalue weighted by Gasteiger charge is -2.19. The van der Waals surface area contributed by atoms with Crippen LogP contribution >= 0.6 is 0 Å². The Morgan fingerprint density at radius 3 is 2.47 bits per heavy atom. The molecular formula is C10H16N2O5. The van der Waals surface area contributed by atoms with Crippen molar-refractivity contribution in [3.05, 3.63) is 0 Å². The van der Waals surface area contributed by atoms with Gasteiger partial charge in [-0.25, -0.2) is 4.79 Å². The Hall–Kier alpha value is -1.63. The van der Waals surface area contributed by atoms with Gasteiger partial charge in [0.15, 0.2) is 6.04 Å². The van der Waals surface area contributed by atoms with Crippen LogP contribution in [0.5, 0.6) is 0 Å². The molecule has 0 saturated carbocycles. The summed E-state index contributed by atoms with van der Waals surface area (Å²) >= 11 is 0. The molecule has 0 aromatic rings. The molecule has 3 unspecified atom stereocenters. The molecule has 1 aliphatic rings. The maximum Gasteiger partial charge on any atom is 0.328 e. The van der Waals surface area contributed by atoms with E-state index in [0.29, 0.717) is 0 Å². The molecule has 7 heteroatoms. The molecule has 7 nitrogen and oxygen atoms in total. The first-order chi connectivity index (χ1) is 7.82. The van der Waals surface area contributed by atoms with Gasteiger partial charge in [0.2, 0.25) is 11.8 Å². The van der Waals surface area contributed by atoms with Crippen LogP contribution in [0.1, 0.15) is 13.3 Å². The third kappa shape index (κ3) is 3.16. The van der Waals surface area contributed by atoms with Gasteiger partial charge >= 0.3 is 5.97 Å². The van der Waals surface area contributed by atoms with Gasteiger partial charge in [0.1, 0.15) is 0 Å². The van der Waals surface area contributed by atoms with Crippen molar-refractivity contribution in [2.45, 2.75) is 25.5 Å². The third-order valence-electron chi connectivity index (χ3n) is 2.76. The molecule has 17 heavy (non-hydrogen) atoms. The molecule has 0 bridgehead atoms. The summed E-state index contributed by atoms with van der Waals surface area (Å²) in [5.41, 5.74) is 0. The second-order valence-corrected chi connectivity index (χ2v) is 4.24. The summed E-state index contributed by atoms with van der Waals surface area (Å²) in [5, 5.41) is 20.2. The number of rotatable bonds is 4. The van der Waals surface area contributed by atoms with Crippen LogP contribution in [0, 0.1) is 5.92 Å². The predicted molar refractivity (Wildman–Crippen MR) is 57.0 cm³/mol. The van der Waals surface area contributed by atoms with Crippen LogP contribution in [0.2, 0.25) is 0 Å². The lowest BCUT2D eigenvalue weighted by molar-refractivity contribution is -0.145. The highest BCUT2D eigenvalue weighted by Crippen LogP contribution is 2.16. The van der Waals surface area contributed by atoms with Crippen LogP contribution in [-0.4, -0.2) is 58.6 Å². The molecular weight excluding hydrogens is 228 g/mol. The predicted octanol–water partition coefficient (Wildman–Crippen LogP) is -1.59. The van der Waals surface area contributed by atoms with Gasteiger partial charge in [0.05, 0.1) is 12.0 Å². The molecule has 96 valence electrons. The SMILES string of the molecule is CC(O)C(NC(=O)C1CC(=O)N(C)C1)C(=O)O. The fourth-order valence-electron chi connectivity index (χ4n) is 1.70. The molecule has 3 N–H and O–H groups in total. The van der Waals surface area contributed by atoms with E-state index in [1.165, 1.54) is 11.8 Å². The number of aliphatic carboxylic acids is 1. The Labute approximate surface area is 98.4 Å². The molecule has 1 heterocycles. The van der Waals surface area contributed by atoms with E-state index < -0.39 is 29.9 Å². The van der Waals surface area contributed by atoms with E-state index in [0.717, 1.165) is 0 Å². The zero-order valence-corrected chi connectivity index (χ0v) is 9.71. The van der Waals surface area contributed by atoms with E-state index in [1.807, 2.05) is 0 Å². The van der Waals surface area contributed by atoms with Crippen molar-refractivity contribution in [3.8, 4) is 0 Å². The molecule has 1 fully saturated rings. The maximum atomic E-state index is 11.7. The number of carboxylic acid groups (broad SMARTS) is 1. The number of hydrogen-bond donors (Lipinski definition) is 3. The Bertz CT molecular complexity index is 342. The smallest absolute Gasteiger partial charge is 0.328 e. The number of amides is 2. The van der Waals surface area contributed by atoms with Gasteiger partial charge in [-0.05, 0) is 6.92 Å². The van der Waals surface area contributed by atoms with E-state index >= 15 is 0 Å². The Kier molecular flexibility index (Phi) is 4.06. The van der Waals surface area contributed by atoms with Crippen LogP contribution in [0.15, 0.2) is 0 Å². The zero-order chi connectivity index (χ0) is 13.2. The first kappa shape index (κ1) is 13.4. The monoisotopic (exact) mass is 244 g/mol. The van der Waals surface area contributed by atoms with Crippen molar-refractivity contribution in [2.75, 3.05) is 13.6 Å². The summed E-state index contributed by atoms with van der Waals surface area (Å²) in [5.74, 6) is -2.51. The molecule has 0 aliphatic carbocycles. The van der Waals surface area contributed by atoms with E-state index in [4.69, 9.17) is 5.11 Å². The first-order valence-electron chi connectivity index (χ1n) is 5.28. The number of aliphatic hydroxyl groups excluding tert-OH is 1. The van der Waals surface area contributed by atoms with Crippen LogP contribution in [0.4, 0.5) is 0 Å². The molecule has 0 radical (unpaired) electrons. The maximum absolute atomic E-state index is 11.7. The summed E-state index contributed by atoms with van der Waals surface area (Å²) in [6, 6.07) is -1.34. The summed E-state index contributed by atoms with van der Waals surface area (Å²) in [7, 11) is 1.58. The molecule has 3 atom stereocenters. The van der Waals surface area contributed by atoms with Crippen LogP contribution < -0.4 is 5.32 Å². The van der Waals surface area contributed by atoms with Crippen LogP contribution in [0.25, 0.3) is 0 Å². The van der Waals surface area contributed by atoms with E-state index in [-0.39, 0.29) is 18.9 Å². The molecule has 2 amide bonds. The molecule has 1 saturated heterocycles. The number of hydrogen-bond acceptors (Lipinski definition) is 4. The van der Waals surface area contributed by atoms with E-state index in [2.05, 4.69) is 5.32 Å². The zero-order valence-electron chi connectivity index (χ0n) is 9.71. The van der Waals surface area contributed by atoms with Gasteiger partial charge in [0.25, 0.3) is 0 Å². The van der Waals surface area contributed by atoms with E-state index in [1.54, 1.807) is 7.05 Å². The van der Waals surface area contributed by atoms with Crippen LogP contribution in [0.3, 0.4) is 0 Å². The minimum atomic E-state index is -1.34. The van der Waals surface area contributed by atoms with Gasteiger partial charge in [-0.15, -0.1) is 0 Å². The lowest BCUT2D eigenvalue weighted by Crippen LogP contribution is -2.49. The highest BCUT2D eigenvalue weighted by atomic mass is 16.4. The number of nitrogens with one attached hydrogen (secondary N) is 1. The second kappa shape index (κ2) is 5.13. The molecule has 0 spiro atoms. The minimum absolute atomic E-state index is 0.0779. The van der Waals surface area contributed by atoms with E-state index in [9.17, 15) is 19.5 Å². The van der Waals surface area contributed by atoms with Gasteiger partial charge < -0.3 is 20.4 Å². The largest absolute Gasteiger partial charge is 0.480 e. The third-order valence-corrected chi connectivity index (χ3v) is 2.76. The average Bonchev–Trinajstić information content (AvgIpc) is 2.54. The molecule has 0 aromatic heterocycles. The van der Waals surface area contributed by atoms with Gasteiger partial charge in [0, 0.05) is 20.0 Å². The summed E-state index contributed by atoms with van der Waals surface area (Å²) in [6.45, 7) is 1.56. The molecule has 1 aliphatic heterocycles. The first-order valence-corrected chi connectivity index (χ1v) is 5.28. The standard InChI is InChI=1S/C10H16N2O5/c1-5(13)8(10(16)17)11-9(15)6-3-7(14)12(2)4-6/h5-6,8,13H,3-4H2,1-2H3,(H,11,15)(H,16,17). The van der Waals surface area contributed by atoms with Gasteiger partial charge in [-0.3, -0.25) is 9.59 Å². The number of aliphatic hydroxyl groups is 1. The van der Waals surface area contributed by atoms with Gasteiger partial charge in [-0.1, -0.05) is 0 Å². The number of carbonyl (C=O) groups is 3. The Balaban J connectivity index is 2.60. The van der Waals surface area contributed by atoms with Crippen molar-refractivity contribution in [3.63, 3.8) is 0 Å². The van der Waals surface area contributed by atoms with Crippen LogP contribution in [-0.2, 0) is 14.4 Å². The fourth-order valence-corrected chi connectivity index (χ4v) is 1.70. The number of carboxylic acids is 1. The second-order valence-electron chi connectivity index (χ2n) is 4.24. The summed E-state index contributed by atoms with van der Waals surface area (Å²) in [4.78, 5) is 35.1. The van der Waals surface area contributed by atoms with Crippen molar-refractivity contribution in [1.29, 1.82) is 0 Å².